The number of aromatic nitrogens is 4. The summed E-state index contributed by atoms with van der Waals surface area (Å²) in [6, 6.07) is 7.09. The zero-order valence-electron chi connectivity index (χ0n) is 23.2. The van der Waals surface area contributed by atoms with Crippen LogP contribution in [0, 0.1) is 12.8 Å². The van der Waals surface area contributed by atoms with Crippen molar-refractivity contribution >= 4 is 38.4 Å². The fraction of sp³-hybridized carbons (Fsp3) is 0.444. The van der Waals surface area contributed by atoms with E-state index >= 15 is 0 Å². The Bertz CT molecular complexity index is 1810. The van der Waals surface area contributed by atoms with E-state index in [1.54, 1.807) is 22.6 Å². The van der Waals surface area contributed by atoms with E-state index in [4.69, 9.17) is 15.5 Å². The number of nitrogens with two attached hydrogens (primary N) is 1. The van der Waals surface area contributed by atoms with Gasteiger partial charge in [-0.3, -0.25) is 9.20 Å². The summed E-state index contributed by atoms with van der Waals surface area (Å²) < 4.78 is 75.1. The maximum Gasteiger partial charge on any atom is 0.329 e. The summed E-state index contributed by atoms with van der Waals surface area (Å²) in [4.78, 5) is 23.8. The highest BCUT2D eigenvalue weighted by atomic mass is 32.2. The zero-order chi connectivity index (χ0) is 30.1. The number of ether oxygens (including phenoxy) is 1. The monoisotopic (exact) mass is 605 g/mol. The number of halogens is 3. The standard InChI is InChI=1S/C27H30F3N7O4S/c1-14-24(32-22-9-17(10-23(41-2)36(14)22)26(38)34-12-18(28)19(31)13-34)20-8-16-6-7-21(37(27(29)30)42(3,39)40)33-25(16)35(20)11-15-4-5-15/h6-10,15,18-19,27H,4-5,11-13,31H2,1-3H3/t18-,19-/m1/s1. The number of amides is 1. The lowest BCUT2D eigenvalue weighted by atomic mass is 10.2. The van der Waals surface area contributed by atoms with E-state index in [0.29, 0.717) is 58.4 Å². The highest BCUT2D eigenvalue weighted by Gasteiger charge is 2.34. The molecule has 2 N–H and O–H groups in total. The number of sulfonamides is 1. The molecule has 0 unspecified atom stereocenters. The molecule has 2 fully saturated rings. The molecule has 1 saturated heterocycles. The highest BCUT2D eigenvalue weighted by molar-refractivity contribution is 7.92. The summed E-state index contributed by atoms with van der Waals surface area (Å²) in [5, 5.41) is 0.627. The van der Waals surface area contributed by atoms with Crippen molar-refractivity contribution in [3.63, 3.8) is 0 Å². The normalized spacial score (nSPS) is 19.4. The lowest BCUT2D eigenvalue weighted by Gasteiger charge is -2.20. The van der Waals surface area contributed by atoms with E-state index in [1.807, 2.05) is 17.6 Å². The number of methoxy groups -OCH3 is 1. The van der Waals surface area contributed by atoms with Gasteiger partial charge in [0.2, 0.25) is 10.0 Å². The maximum atomic E-state index is 14.0. The molecule has 42 heavy (non-hydrogen) atoms. The Kier molecular flexibility index (Phi) is 6.84. The minimum absolute atomic E-state index is 0.00148. The number of carbonyl (C=O) groups is 1. The Hall–Kier alpha value is -3.85. The lowest BCUT2D eigenvalue weighted by molar-refractivity contribution is 0.0781. The topological polar surface area (TPSA) is 128 Å². The van der Waals surface area contributed by atoms with Gasteiger partial charge < -0.3 is 19.9 Å². The molecular formula is C27H30F3N7O4S. The first-order valence-electron chi connectivity index (χ1n) is 13.4. The quantitative estimate of drug-likeness (QED) is 0.306. The number of hydrogen-bond acceptors (Lipinski definition) is 7. The smallest absolute Gasteiger partial charge is 0.329 e. The van der Waals surface area contributed by atoms with Crippen LogP contribution >= 0.6 is 0 Å². The molecule has 224 valence electrons. The van der Waals surface area contributed by atoms with Crippen LogP contribution < -0.4 is 14.8 Å². The Labute approximate surface area is 239 Å². The molecular weight excluding hydrogens is 575 g/mol. The molecule has 1 aliphatic heterocycles. The summed E-state index contributed by atoms with van der Waals surface area (Å²) in [6.45, 7) is -0.910. The van der Waals surface area contributed by atoms with Crippen LogP contribution in [0.3, 0.4) is 0 Å². The molecule has 4 aromatic rings. The van der Waals surface area contributed by atoms with Gasteiger partial charge in [-0.15, -0.1) is 0 Å². The number of aryl methyl sites for hydroxylation is 1. The molecule has 15 heteroatoms. The lowest BCUT2D eigenvalue weighted by Crippen LogP contribution is -2.35. The molecule has 0 spiro atoms. The van der Waals surface area contributed by atoms with Gasteiger partial charge >= 0.3 is 6.55 Å². The van der Waals surface area contributed by atoms with Gasteiger partial charge in [-0.2, -0.15) is 13.1 Å². The van der Waals surface area contributed by atoms with Crippen LogP contribution in [-0.4, -0.2) is 83.4 Å². The van der Waals surface area contributed by atoms with Crippen molar-refractivity contribution in [3.05, 3.63) is 41.6 Å². The molecule has 0 aromatic carbocycles. The second-order valence-electron chi connectivity index (χ2n) is 10.9. The van der Waals surface area contributed by atoms with E-state index in [0.717, 1.165) is 12.8 Å². The first kappa shape index (κ1) is 28.3. The van der Waals surface area contributed by atoms with Crippen LogP contribution in [0.15, 0.2) is 30.3 Å². The molecule has 6 rings (SSSR count). The van der Waals surface area contributed by atoms with Gasteiger partial charge in [-0.25, -0.2) is 22.8 Å². The number of fused-ring (bicyclic) bond motifs is 2. The Balaban J connectivity index is 1.49. The number of hydrogen-bond donors (Lipinski definition) is 1. The SMILES string of the molecule is COc1cc(C(=O)N2C[C@@H](N)[C@H](F)C2)cc2nc(-c3cc4ccc(N(C(F)F)S(C)(=O)=O)nc4n3CC3CC3)c(C)n12. The number of carbonyl (C=O) groups excluding carboxylic acids is 1. The molecule has 2 aliphatic rings. The number of alkyl halides is 3. The second-order valence-corrected chi connectivity index (χ2v) is 12.8. The second kappa shape index (κ2) is 10.2. The average molecular weight is 606 g/mol. The van der Waals surface area contributed by atoms with E-state index in [-0.39, 0.29) is 34.7 Å². The molecule has 0 bridgehead atoms. The number of rotatable bonds is 8. The third kappa shape index (κ3) is 4.83. The molecule has 11 nitrogen and oxygen atoms in total. The number of anilines is 1. The molecule has 0 radical (unpaired) electrons. The Morgan fingerprint density at radius 1 is 1.19 bits per heavy atom. The van der Waals surface area contributed by atoms with Gasteiger partial charge in [0.05, 0.1) is 37.3 Å². The minimum atomic E-state index is -4.29. The van der Waals surface area contributed by atoms with E-state index < -0.39 is 28.8 Å². The van der Waals surface area contributed by atoms with Crippen LogP contribution in [0.25, 0.3) is 28.1 Å². The van der Waals surface area contributed by atoms with E-state index in [2.05, 4.69) is 4.98 Å². The minimum Gasteiger partial charge on any atom is -0.482 e. The molecule has 1 aliphatic carbocycles. The summed E-state index contributed by atoms with van der Waals surface area (Å²) in [5.74, 6) is -0.0652. The number of pyridine rings is 2. The molecule has 5 heterocycles. The predicted molar refractivity (Wildman–Crippen MR) is 150 cm³/mol. The third-order valence-electron chi connectivity index (χ3n) is 7.82. The summed E-state index contributed by atoms with van der Waals surface area (Å²) in [5.41, 5.74) is 8.73. The Morgan fingerprint density at radius 3 is 2.52 bits per heavy atom. The first-order valence-corrected chi connectivity index (χ1v) is 15.3. The van der Waals surface area contributed by atoms with Crippen molar-refractivity contribution < 1.29 is 31.1 Å². The van der Waals surface area contributed by atoms with Gasteiger partial charge in [0, 0.05) is 30.1 Å². The van der Waals surface area contributed by atoms with Gasteiger partial charge in [-0.1, -0.05) is 0 Å². The summed E-state index contributed by atoms with van der Waals surface area (Å²) in [7, 11) is -2.82. The van der Waals surface area contributed by atoms with Crippen LogP contribution in [0.1, 0.15) is 28.9 Å². The molecule has 4 aromatic heterocycles. The van der Waals surface area contributed by atoms with Gasteiger partial charge in [0.1, 0.15) is 29.0 Å². The van der Waals surface area contributed by atoms with Crippen molar-refractivity contribution in [2.45, 2.75) is 45.1 Å². The molecule has 2 atom stereocenters. The predicted octanol–water partition coefficient (Wildman–Crippen LogP) is 3.19. The van der Waals surface area contributed by atoms with Crippen molar-refractivity contribution in [2.24, 2.45) is 11.7 Å². The first-order chi connectivity index (χ1) is 19.9. The number of nitrogens with zero attached hydrogens (tertiary/aromatic N) is 6. The molecule has 1 saturated carbocycles. The van der Waals surface area contributed by atoms with Gasteiger partial charge in [0.15, 0.2) is 5.88 Å². The van der Waals surface area contributed by atoms with Crippen molar-refractivity contribution in [3.8, 4) is 17.3 Å². The average Bonchev–Trinajstić information content (AvgIpc) is 3.47. The van der Waals surface area contributed by atoms with Crippen LogP contribution in [0.5, 0.6) is 5.88 Å². The van der Waals surface area contributed by atoms with Gasteiger partial charge in [-0.05, 0) is 49.9 Å². The Morgan fingerprint density at radius 2 is 1.93 bits per heavy atom. The van der Waals surface area contributed by atoms with Crippen molar-refractivity contribution in [2.75, 3.05) is 30.8 Å². The number of likely N-dealkylation sites (tertiary alicyclic amines) is 1. The fourth-order valence-electron chi connectivity index (χ4n) is 5.52. The van der Waals surface area contributed by atoms with Crippen LogP contribution in [-0.2, 0) is 16.6 Å². The highest BCUT2D eigenvalue weighted by Crippen LogP contribution is 2.38. The van der Waals surface area contributed by atoms with Crippen molar-refractivity contribution in [1.29, 1.82) is 0 Å². The van der Waals surface area contributed by atoms with E-state index in [9.17, 15) is 26.4 Å². The number of imidazole rings is 1. The van der Waals surface area contributed by atoms with Crippen LogP contribution in [0.4, 0.5) is 19.0 Å². The molecule has 1 amide bonds. The fourth-order valence-corrected chi connectivity index (χ4v) is 6.26. The van der Waals surface area contributed by atoms with E-state index in [1.165, 1.54) is 18.1 Å². The zero-order valence-corrected chi connectivity index (χ0v) is 24.0. The summed E-state index contributed by atoms with van der Waals surface area (Å²) >= 11 is 0. The largest absolute Gasteiger partial charge is 0.482 e. The van der Waals surface area contributed by atoms with Crippen molar-refractivity contribution in [1.82, 2.24) is 23.8 Å². The summed E-state index contributed by atoms with van der Waals surface area (Å²) in [6.07, 6.45) is 1.40. The van der Waals surface area contributed by atoms with Crippen LogP contribution in [0.2, 0.25) is 0 Å². The van der Waals surface area contributed by atoms with Gasteiger partial charge in [0.25, 0.3) is 5.91 Å². The maximum absolute atomic E-state index is 14.0. The third-order valence-corrected chi connectivity index (χ3v) is 8.88.